The van der Waals surface area contributed by atoms with E-state index in [4.69, 9.17) is 39.4 Å². The first kappa shape index (κ1) is 80.7. The molecule has 0 aromatic heterocycles. The molecule has 0 saturated carbocycles. The van der Waals surface area contributed by atoms with Crippen LogP contribution in [0, 0.1) is 0 Å². The van der Waals surface area contributed by atoms with Crippen LogP contribution in [-0.4, -0.2) is 130 Å². The molecule has 0 fully saturated rings. The number of carboxylic acid groups (broad SMARTS) is 4. The molecule has 0 aromatic carbocycles. The van der Waals surface area contributed by atoms with E-state index in [2.05, 4.69) is 9.47 Å². The standard InChI is InChI=1S/C14H20O7.C11H16O7.C10H18O6.7CH4/c1-4-6-7-8-11(17)21-13(14(18)19)12(9(3)15)20-10(16)5-2;1-4-7(13)17-9(6(3)12)10(11(15)16)18-8(14)5-2;1-3-5-15-7(9(11)12)8(10(13)14)16-6-4-2;;;;;;;/h6-7,12-13H,4-5,8H2,1-3H3,(H,18,19);9-10H,4-5H2,1-3H3,(H,15,16);7-8H,3-6H2,1-2H3,(H,11,12)(H,13,14);7*1H4/b7-6-;;;;;;;;;. The topological polar surface area (TPSA) is 307 Å². The molecule has 20 nitrogen and oxygen atoms in total. The largest absolute Gasteiger partial charge is 0.479 e. The lowest BCUT2D eigenvalue weighted by Crippen LogP contribution is -2.45. The maximum atomic E-state index is 11.5. The van der Waals surface area contributed by atoms with Crippen LogP contribution in [0.25, 0.3) is 0 Å². The number of carboxylic acids is 4. The van der Waals surface area contributed by atoms with Gasteiger partial charge in [-0.15, -0.1) is 0 Å². The summed E-state index contributed by atoms with van der Waals surface area (Å²) in [6.07, 6.45) is -4.84. The summed E-state index contributed by atoms with van der Waals surface area (Å²) in [5.41, 5.74) is 0. The maximum Gasteiger partial charge on any atom is 0.349 e. The lowest BCUT2D eigenvalue weighted by Gasteiger charge is -2.21. The van der Waals surface area contributed by atoms with Gasteiger partial charge in [0.1, 0.15) is 0 Å². The number of ketones is 2. The third kappa shape index (κ3) is 36.6. The van der Waals surface area contributed by atoms with Gasteiger partial charge in [-0.05, 0) is 33.1 Å². The molecule has 0 aliphatic heterocycles. The minimum absolute atomic E-state index is 0. The van der Waals surface area contributed by atoms with E-state index in [9.17, 15) is 47.9 Å². The van der Waals surface area contributed by atoms with E-state index in [0.29, 0.717) is 12.8 Å². The van der Waals surface area contributed by atoms with E-state index in [-0.39, 0.29) is 90.9 Å². The molecule has 0 heterocycles. The van der Waals surface area contributed by atoms with Gasteiger partial charge >= 0.3 is 47.8 Å². The lowest BCUT2D eigenvalue weighted by atomic mass is 10.1. The first-order valence-electron chi connectivity index (χ1n) is 17.3. The van der Waals surface area contributed by atoms with Gasteiger partial charge in [0.2, 0.25) is 24.4 Å². The van der Waals surface area contributed by atoms with E-state index in [1.165, 1.54) is 26.8 Å². The number of allylic oxidation sites excluding steroid dienone is 1. The molecule has 370 valence electrons. The summed E-state index contributed by atoms with van der Waals surface area (Å²) < 4.78 is 28.7. The Hall–Kier alpha value is -5.24. The number of ether oxygens (including phenoxy) is 6. The molecule has 0 amide bonds. The van der Waals surface area contributed by atoms with Crippen molar-refractivity contribution in [2.24, 2.45) is 0 Å². The molecule has 0 aliphatic carbocycles. The van der Waals surface area contributed by atoms with E-state index < -0.39 is 95.9 Å². The monoisotopic (exact) mass is 907 g/mol. The number of rotatable bonds is 25. The van der Waals surface area contributed by atoms with Gasteiger partial charge in [-0.2, -0.15) is 0 Å². The summed E-state index contributed by atoms with van der Waals surface area (Å²) in [5.74, 6) is -10.2. The van der Waals surface area contributed by atoms with Crippen LogP contribution in [0.15, 0.2) is 12.2 Å². The van der Waals surface area contributed by atoms with E-state index >= 15 is 0 Å². The van der Waals surface area contributed by atoms with Crippen molar-refractivity contribution in [2.75, 3.05) is 13.2 Å². The smallest absolute Gasteiger partial charge is 0.349 e. The molecule has 0 bridgehead atoms. The second-order valence-corrected chi connectivity index (χ2v) is 10.9. The molecule has 0 saturated heterocycles. The van der Waals surface area contributed by atoms with Crippen LogP contribution in [0.1, 0.15) is 152 Å². The molecule has 0 radical (unpaired) electrons. The van der Waals surface area contributed by atoms with Crippen molar-refractivity contribution in [3.63, 3.8) is 0 Å². The Morgan fingerprint density at radius 3 is 0.871 bits per heavy atom. The van der Waals surface area contributed by atoms with Crippen LogP contribution in [-0.2, 0) is 76.4 Å². The Labute approximate surface area is 370 Å². The van der Waals surface area contributed by atoms with Gasteiger partial charge in [-0.3, -0.25) is 28.8 Å². The first-order valence-corrected chi connectivity index (χ1v) is 17.3. The van der Waals surface area contributed by atoms with Crippen molar-refractivity contribution in [1.82, 2.24) is 0 Å². The number of carbonyl (C=O) groups is 10. The first-order chi connectivity index (χ1) is 25.7. The van der Waals surface area contributed by atoms with Crippen molar-refractivity contribution in [2.45, 2.75) is 189 Å². The van der Waals surface area contributed by atoms with Crippen molar-refractivity contribution < 1.29 is 96.8 Å². The average molecular weight is 907 g/mol. The number of Topliss-reactive ketones (excluding diaryl/α,β-unsaturated/α-hetero) is 2. The van der Waals surface area contributed by atoms with Crippen molar-refractivity contribution >= 4 is 59.3 Å². The quantitative estimate of drug-likeness (QED) is 0.0418. The highest BCUT2D eigenvalue weighted by molar-refractivity contribution is 5.92. The fraction of sp³-hybridized carbons (Fsp3) is 0.714. The number of hydrogen-bond donors (Lipinski definition) is 4. The van der Waals surface area contributed by atoms with Crippen LogP contribution in [0.5, 0.6) is 0 Å². The zero-order valence-corrected chi connectivity index (χ0v) is 32.3. The Morgan fingerprint density at radius 1 is 0.403 bits per heavy atom. The molecule has 0 spiro atoms. The number of aliphatic carboxylic acids is 4. The Morgan fingerprint density at radius 2 is 0.661 bits per heavy atom. The average Bonchev–Trinajstić information content (AvgIpc) is 3.11. The number of hydrogen-bond acceptors (Lipinski definition) is 16. The fourth-order valence-corrected chi connectivity index (χ4v) is 3.48. The minimum Gasteiger partial charge on any atom is -0.479 e. The molecule has 4 N–H and O–H groups in total. The molecular formula is C42H82O20. The summed E-state index contributed by atoms with van der Waals surface area (Å²) in [5, 5.41) is 35.7. The van der Waals surface area contributed by atoms with Gasteiger partial charge in [0.15, 0.2) is 23.8 Å². The Balaban J connectivity index is -0.0000000780. The van der Waals surface area contributed by atoms with Gasteiger partial charge in [0.25, 0.3) is 0 Å². The maximum absolute atomic E-state index is 11.5. The van der Waals surface area contributed by atoms with Gasteiger partial charge in [-0.25, -0.2) is 19.2 Å². The highest BCUT2D eigenvalue weighted by atomic mass is 16.6. The highest BCUT2D eigenvalue weighted by Crippen LogP contribution is 2.12. The number of esters is 4. The van der Waals surface area contributed by atoms with E-state index in [0.717, 1.165) is 20.3 Å². The second-order valence-electron chi connectivity index (χ2n) is 10.9. The van der Waals surface area contributed by atoms with Crippen LogP contribution in [0.2, 0.25) is 0 Å². The molecule has 62 heavy (non-hydrogen) atoms. The summed E-state index contributed by atoms with van der Waals surface area (Å²) >= 11 is 0. The van der Waals surface area contributed by atoms with Gasteiger partial charge in [0.05, 0.1) is 6.42 Å². The fourth-order valence-electron chi connectivity index (χ4n) is 3.48. The van der Waals surface area contributed by atoms with Crippen molar-refractivity contribution in [3.8, 4) is 0 Å². The third-order valence-corrected chi connectivity index (χ3v) is 6.19. The van der Waals surface area contributed by atoms with Crippen LogP contribution in [0.4, 0.5) is 0 Å². The molecule has 6 unspecified atom stereocenters. The van der Waals surface area contributed by atoms with Crippen molar-refractivity contribution in [1.29, 1.82) is 0 Å². The van der Waals surface area contributed by atoms with Crippen LogP contribution >= 0.6 is 0 Å². The van der Waals surface area contributed by atoms with Crippen LogP contribution < -0.4 is 0 Å². The van der Waals surface area contributed by atoms with E-state index in [1.54, 1.807) is 6.08 Å². The zero-order chi connectivity index (χ0) is 43.3. The number of carbonyl (C=O) groups excluding carboxylic acids is 6. The Bertz CT molecular complexity index is 1250. The minimum atomic E-state index is -1.85. The molecule has 0 aliphatic rings. The summed E-state index contributed by atoms with van der Waals surface area (Å²) in [7, 11) is 0. The summed E-state index contributed by atoms with van der Waals surface area (Å²) in [6.45, 7) is 12.5. The molecule has 20 heteroatoms. The molecular weight excluding hydrogens is 824 g/mol. The SMILES string of the molecule is C.C.C.C.C.C.C.CC/C=C\CC(=O)OC(C(=O)O)C(OC(=O)CC)C(C)=O.CCC(=O)OC(C(C)=O)C(OC(=O)CC)C(=O)O.CCCOC(C(=O)O)C(OCCC)C(=O)O. The van der Waals surface area contributed by atoms with Gasteiger partial charge in [0, 0.05) is 32.5 Å². The predicted octanol–water partition coefficient (Wildman–Crippen LogP) is 6.75. The molecule has 0 aromatic rings. The molecule has 0 rings (SSSR count). The van der Waals surface area contributed by atoms with Crippen molar-refractivity contribution in [3.05, 3.63) is 12.2 Å². The molecule has 6 atom stereocenters. The lowest BCUT2D eigenvalue weighted by molar-refractivity contribution is -0.181. The van der Waals surface area contributed by atoms with Gasteiger partial charge < -0.3 is 48.8 Å². The Kier molecular flexibility index (Phi) is 61.0. The van der Waals surface area contributed by atoms with E-state index in [1.807, 2.05) is 20.8 Å². The summed E-state index contributed by atoms with van der Waals surface area (Å²) in [4.78, 5) is 111. The third-order valence-electron chi connectivity index (χ3n) is 6.19. The second kappa shape index (κ2) is 46.8. The van der Waals surface area contributed by atoms with Crippen LogP contribution in [0.3, 0.4) is 0 Å². The normalized spacial score (nSPS) is 12.1. The zero-order valence-electron chi connectivity index (χ0n) is 32.3. The summed E-state index contributed by atoms with van der Waals surface area (Å²) in [6, 6.07) is 0. The predicted molar refractivity (Wildman–Crippen MR) is 234 cm³/mol. The van der Waals surface area contributed by atoms with Gasteiger partial charge in [-0.1, -0.05) is 106 Å². The highest BCUT2D eigenvalue weighted by Gasteiger charge is 2.39.